The van der Waals surface area contributed by atoms with E-state index in [1.807, 2.05) is 6.92 Å². The van der Waals surface area contributed by atoms with Crippen LogP contribution in [0.5, 0.6) is 0 Å². The van der Waals surface area contributed by atoms with Crippen LogP contribution >= 0.6 is 0 Å². The number of nitrogens with one attached hydrogen (secondary N) is 1. The summed E-state index contributed by atoms with van der Waals surface area (Å²) in [5.41, 5.74) is 9.16. The molecule has 3 heteroatoms. The van der Waals surface area contributed by atoms with E-state index >= 15 is 0 Å². The monoisotopic (exact) mass is 260 g/mol. The molecule has 1 aromatic carbocycles. The molecule has 0 bridgehead atoms. The Morgan fingerprint density at radius 2 is 1.95 bits per heavy atom. The first-order valence-electron chi connectivity index (χ1n) is 7.09. The molecule has 1 atom stereocenters. The number of hydrogen-bond acceptors (Lipinski definition) is 2. The van der Waals surface area contributed by atoms with Gasteiger partial charge in [0.15, 0.2) is 0 Å². The molecule has 1 saturated carbocycles. The summed E-state index contributed by atoms with van der Waals surface area (Å²) in [6, 6.07) is 6.33. The van der Waals surface area contributed by atoms with Gasteiger partial charge in [-0.2, -0.15) is 0 Å². The smallest absolute Gasteiger partial charge is 0.240 e. The largest absolute Gasteiger partial charge is 0.348 e. The molecule has 1 aromatic rings. The maximum Gasteiger partial charge on any atom is 0.240 e. The first kappa shape index (κ1) is 14.1. The van der Waals surface area contributed by atoms with Crippen LogP contribution in [0.1, 0.15) is 55.3 Å². The molecule has 0 saturated heterocycles. The lowest BCUT2D eigenvalue weighted by Gasteiger charge is -2.26. The van der Waals surface area contributed by atoms with Crippen molar-refractivity contribution in [2.45, 2.75) is 58.0 Å². The third-order valence-electron chi connectivity index (χ3n) is 4.19. The second-order valence-electron chi connectivity index (χ2n) is 5.92. The fraction of sp³-hybridized carbons (Fsp3) is 0.562. The van der Waals surface area contributed by atoms with Crippen LogP contribution in [-0.2, 0) is 4.79 Å². The zero-order valence-electron chi connectivity index (χ0n) is 12.1. The topological polar surface area (TPSA) is 55.1 Å². The standard InChI is InChI=1S/C16H24N2O/c1-11-6-7-14(12(2)10-11)13(3)18-15(19)16(17)8-4-5-9-16/h6-7,10,13H,4-5,8-9,17H2,1-3H3,(H,18,19). The van der Waals surface area contributed by atoms with Gasteiger partial charge in [0, 0.05) is 0 Å². The highest BCUT2D eigenvalue weighted by molar-refractivity contribution is 5.86. The predicted octanol–water partition coefficient (Wildman–Crippen LogP) is 2.75. The van der Waals surface area contributed by atoms with Crippen molar-refractivity contribution < 1.29 is 4.79 Å². The predicted molar refractivity (Wildman–Crippen MR) is 77.9 cm³/mol. The van der Waals surface area contributed by atoms with Gasteiger partial charge in [0.05, 0.1) is 11.6 Å². The highest BCUT2D eigenvalue weighted by Crippen LogP contribution is 2.28. The van der Waals surface area contributed by atoms with E-state index in [1.165, 1.54) is 16.7 Å². The SMILES string of the molecule is Cc1ccc(C(C)NC(=O)C2(N)CCCC2)c(C)c1. The van der Waals surface area contributed by atoms with Gasteiger partial charge in [-0.3, -0.25) is 4.79 Å². The molecule has 1 unspecified atom stereocenters. The van der Waals surface area contributed by atoms with Gasteiger partial charge in [-0.25, -0.2) is 0 Å². The van der Waals surface area contributed by atoms with E-state index in [0.29, 0.717) is 0 Å². The van der Waals surface area contributed by atoms with Crippen LogP contribution in [-0.4, -0.2) is 11.4 Å². The quantitative estimate of drug-likeness (QED) is 0.878. The van der Waals surface area contributed by atoms with Gasteiger partial charge in [0.1, 0.15) is 0 Å². The number of hydrogen-bond donors (Lipinski definition) is 2. The Bertz CT molecular complexity index is 476. The summed E-state index contributed by atoms with van der Waals surface area (Å²) in [6.45, 7) is 6.18. The van der Waals surface area contributed by atoms with Crippen molar-refractivity contribution in [3.63, 3.8) is 0 Å². The molecule has 1 aliphatic rings. The maximum absolute atomic E-state index is 12.3. The molecule has 1 aliphatic carbocycles. The summed E-state index contributed by atoms with van der Waals surface area (Å²) in [4.78, 5) is 12.3. The van der Waals surface area contributed by atoms with Crippen molar-refractivity contribution in [1.82, 2.24) is 5.32 Å². The minimum atomic E-state index is -0.646. The lowest BCUT2D eigenvalue weighted by atomic mass is 9.95. The normalized spacial score (nSPS) is 19.2. The lowest BCUT2D eigenvalue weighted by molar-refractivity contribution is -0.126. The van der Waals surface area contributed by atoms with Crippen LogP contribution in [0.25, 0.3) is 0 Å². The van der Waals surface area contributed by atoms with Crippen molar-refractivity contribution in [2.75, 3.05) is 0 Å². The minimum Gasteiger partial charge on any atom is -0.348 e. The Hall–Kier alpha value is -1.35. The molecule has 0 aromatic heterocycles. The van der Waals surface area contributed by atoms with Crippen molar-refractivity contribution in [3.8, 4) is 0 Å². The molecule has 0 heterocycles. The van der Waals surface area contributed by atoms with Crippen LogP contribution in [0.3, 0.4) is 0 Å². The van der Waals surface area contributed by atoms with Gasteiger partial charge in [-0.05, 0) is 44.7 Å². The molecule has 1 amide bonds. The van der Waals surface area contributed by atoms with Gasteiger partial charge >= 0.3 is 0 Å². The van der Waals surface area contributed by atoms with Crippen LogP contribution in [0.15, 0.2) is 18.2 Å². The van der Waals surface area contributed by atoms with Crippen LogP contribution in [0.2, 0.25) is 0 Å². The zero-order chi connectivity index (χ0) is 14.0. The molecule has 1 fully saturated rings. The average molecular weight is 260 g/mol. The average Bonchev–Trinajstić information content (AvgIpc) is 2.77. The fourth-order valence-electron chi connectivity index (χ4n) is 2.96. The van der Waals surface area contributed by atoms with Crippen molar-refractivity contribution in [3.05, 3.63) is 34.9 Å². The Kier molecular flexibility index (Phi) is 3.95. The van der Waals surface area contributed by atoms with E-state index in [-0.39, 0.29) is 11.9 Å². The third kappa shape index (κ3) is 2.98. The van der Waals surface area contributed by atoms with Crippen molar-refractivity contribution in [2.24, 2.45) is 5.73 Å². The summed E-state index contributed by atoms with van der Waals surface area (Å²) in [5, 5.41) is 3.07. The molecule has 0 radical (unpaired) electrons. The number of benzene rings is 1. The van der Waals surface area contributed by atoms with Crippen LogP contribution in [0.4, 0.5) is 0 Å². The molecular weight excluding hydrogens is 236 g/mol. The Labute approximate surface area is 115 Å². The number of nitrogens with two attached hydrogens (primary N) is 1. The van der Waals surface area contributed by atoms with Crippen LogP contribution in [0, 0.1) is 13.8 Å². The molecule has 2 rings (SSSR count). The molecule has 104 valence electrons. The fourth-order valence-corrected chi connectivity index (χ4v) is 2.96. The van der Waals surface area contributed by atoms with E-state index < -0.39 is 5.54 Å². The van der Waals surface area contributed by atoms with Gasteiger partial charge < -0.3 is 11.1 Å². The van der Waals surface area contributed by atoms with Crippen molar-refractivity contribution >= 4 is 5.91 Å². The highest BCUT2D eigenvalue weighted by Gasteiger charge is 2.37. The highest BCUT2D eigenvalue weighted by atomic mass is 16.2. The number of rotatable bonds is 3. The third-order valence-corrected chi connectivity index (χ3v) is 4.19. The minimum absolute atomic E-state index is 0.00234. The summed E-state index contributed by atoms with van der Waals surface area (Å²) >= 11 is 0. The second-order valence-corrected chi connectivity index (χ2v) is 5.92. The van der Waals surface area contributed by atoms with E-state index in [1.54, 1.807) is 0 Å². The van der Waals surface area contributed by atoms with Gasteiger partial charge in [-0.15, -0.1) is 0 Å². The molecular formula is C16H24N2O. The first-order valence-corrected chi connectivity index (χ1v) is 7.09. The van der Waals surface area contributed by atoms with Gasteiger partial charge in [-0.1, -0.05) is 36.6 Å². The van der Waals surface area contributed by atoms with E-state index in [9.17, 15) is 4.79 Å². The molecule has 3 N–H and O–H groups in total. The summed E-state index contributed by atoms with van der Waals surface area (Å²) in [7, 11) is 0. The lowest BCUT2D eigenvalue weighted by Crippen LogP contribution is -2.52. The Morgan fingerprint density at radius 1 is 1.32 bits per heavy atom. The number of carbonyl (C=O) groups is 1. The number of aryl methyl sites for hydroxylation is 2. The van der Waals surface area contributed by atoms with Gasteiger partial charge in [0.25, 0.3) is 0 Å². The summed E-state index contributed by atoms with van der Waals surface area (Å²) in [6.07, 6.45) is 3.72. The van der Waals surface area contributed by atoms with E-state index in [4.69, 9.17) is 5.73 Å². The van der Waals surface area contributed by atoms with Gasteiger partial charge in [0.2, 0.25) is 5.91 Å². The van der Waals surface area contributed by atoms with E-state index in [2.05, 4.69) is 37.4 Å². The first-order chi connectivity index (χ1) is 8.92. The number of carbonyl (C=O) groups excluding carboxylic acids is 1. The van der Waals surface area contributed by atoms with E-state index in [0.717, 1.165) is 25.7 Å². The summed E-state index contributed by atoms with van der Waals surface area (Å²) in [5.74, 6) is -0.00234. The molecule has 3 nitrogen and oxygen atoms in total. The zero-order valence-corrected chi connectivity index (χ0v) is 12.1. The Balaban J connectivity index is 2.08. The Morgan fingerprint density at radius 3 is 2.53 bits per heavy atom. The maximum atomic E-state index is 12.3. The number of amides is 1. The van der Waals surface area contributed by atoms with Crippen molar-refractivity contribution in [1.29, 1.82) is 0 Å². The van der Waals surface area contributed by atoms with Crippen LogP contribution < -0.4 is 11.1 Å². The molecule has 0 spiro atoms. The second kappa shape index (κ2) is 5.33. The molecule has 19 heavy (non-hydrogen) atoms. The molecule has 0 aliphatic heterocycles. The summed E-state index contributed by atoms with van der Waals surface area (Å²) < 4.78 is 0.